The van der Waals surface area contributed by atoms with Crippen LogP contribution in [0.3, 0.4) is 0 Å². The first kappa shape index (κ1) is 13.7. The lowest BCUT2D eigenvalue weighted by Gasteiger charge is -2.13. The fourth-order valence-corrected chi connectivity index (χ4v) is 2.16. The second-order valence-corrected chi connectivity index (χ2v) is 4.63. The van der Waals surface area contributed by atoms with Gasteiger partial charge in [-0.3, -0.25) is 4.98 Å². The quantitative estimate of drug-likeness (QED) is 0.782. The van der Waals surface area contributed by atoms with Gasteiger partial charge in [0.05, 0.1) is 19.6 Å². The lowest BCUT2D eigenvalue weighted by atomic mass is 10.1. The predicted molar refractivity (Wildman–Crippen MR) is 76.1 cm³/mol. The van der Waals surface area contributed by atoms with Crippen LogP contribution < -0.4 is 9.47 Å². The minimum Gasteiger partial charge on any atom is -0.493 e. The molecule has 1 atom stereocenters. The first-order chi connectivity index (χ1) is 9.24. The summed E-state index contributed by atoms with van der Waals surface area (Å²) in [5.74, 6) is 1.39. The van der Waals surface area contributed by atoms with E-state index in [0.717, 1.165) is 11.3 Å². The zero-order valence-electron chi connectivity index (χ0n) is 11.0. The molecule has 4 heteroatoms. The van der Waals surface area contributed by atoms with E-state index < -0.39 is 0 Å². The summed E-state index contributed by atoms with van der Waals surface area (Å²) in [5.41, 5.74) is 1.96. The highest BCUT2D eigenvalue weighted by molar-refractivity contribution is 6.20. The van der Waals surface area contributed by atoms with Gasteiger partial charge in [-0.2, -0.15) is 0 Å². The van der Waals surface area contributed by atoms with Crippen molar-refractivity contribution in [3.63, 3.8) is 0 Å². The summed E-state index contributed by atoms with van der Waals surface area (Å²) in [6, 6.07) is 11.5. The fraction of sp³-hybridized carbons (Fsp3) is 0.267. The third kappa shape index (κ3) is 3.38. The van der Waals surface area contributed by atoms with E-state index in [4.69, 9.17) is 21.1 Å². The molecule has 2 aromatic rings. The summed E-state index contributed by atoms with van der Waals surface area (Å²) in [5, 5.41) is -0.144. The Morgan fingerprint density at radius 2 is 1.89 bits per heavy atom. The predicted octanol–water partition coefficient (Wildman–Crippen LogP) is 3.62. The molecular weight excluding hydrogens is 262 g/mol. The van der Waals surface area contributed by atoms with Crippen LogP contribution in [-0.4, -0.2) is 19.2 Å². The first-order valence-corrected chi connectivity index (χ1v) is 6.44. The molecule has 1 aromatic heterocycles. The van der Waals surface area contributed by atoms with Gasteiger partial charge < -0.3 is 9.47 Å². The summed E-state index contributed by atoms with van der Waals surface area (Å²) in [6.07, 6.45) is 2.45. The van der Waals surface area contributed by atoms with Gasteiger partial charge in [0.1, 0.15) is 0 Å². The summed E-state index contributed by atoms with van der Waals surface area (Å²) >= 11 is 6.43. The summed E-state index contributed by atoms with van der Waals surface area (Å²) in [7, 11) is 3.23. The molecule has 0 bridgehead atoms. The van der Waals surface area contributed by atoms with Gasteiger partial charge in [-0.25, -0.2) is 0 Å². The van der Waals surface area contributed by atoms with Crippen molar-refractivity contribution in [1.29, 1.82) is 0 Å². The molecule has 19 heavy (non-hydrogen) atoms. The van der Waals surface area contributed by atoms with E-state index in [2.05, 4.69) is 4.98 Å². The van der Waals surface area contributed by atoms with Crippen LogP contribution in [0.1, 0.15) is 16.6 Å². The number of pyridine rings is 1. The highest BCUT2D eigenvalue weighted by Gasteiger charge is 2.13. The first-order valence-electron chi connectivity index (χ1n) is 6.00. The lowest BCUT2D eigenvalue weighted by molar-refractivity contribution is 0.354. The van der Waals surface area contributed by atoms with E-state index in [1.807, 2.05) is 36.4 Å². The number of halogens is 1. The molecule has 0 radical (unpaired) electrons. The molecule has 3 nitrogen and oxygen atoms in total. The Hall–Kier alpha value is -1.74. The maximum Gasteiger partial charge on any atom is 0.161 e. The van der Waals surface area contributed by atoms with Crippen LogP contribution >= 0.6 is 11.6 Å². The number of ether oxygens (including phenoxy) is 2. The van der Waals surface area contributed by atoms with Crippen molar-refractivity contribution in [2.24, 2.45) is 0 Å². The molecule has 0 amide bonds. The SMILES string of the molecule is COc1ccc(C(Cl)Cc2ccccn2)cc1OC. The number of methoxy groups -OCH3 is 2. The minimum absolute atomic E-state index is 0.144. The monoisotopic (exact) mass is 277 g/mol. The highest BCUT2D eigenvalue weighted by atomic mass is 35.5. The molecule has 0 aliphatic rings. The number of benzene rings is 1. The molecule has 1 aromatic carbocycles. The van der Waals surface area contributed by atoms with E-state index in [0.29, 0.717) is 17.9 Å². The van der Waals surface area contributed by atoms with Crippen molar-refractivity contribution in [2.75, 3.05) is 14.2 Å². The zero-order chi connectivity index (χ0) is 13.7. The maximum atomic E-state index is 6.43. The van der Waals surface area contributed by atoms with Gasteiger partial charge in [-0.15, -0.1) is 11.6 Å². The molecule has 0 saturated carbocycles. The Morgan fingerprint density at radius 3 is 2.53 bits per heavy atom. The van der Waals surface area contributed by atoms with Gasteiger partial charge >= 0.3 is 0 Å². The van der Waals surface area contributed by atoms with Crippen molar-refractivity contribution < 1.29 is 9.47 Å². The van der Waals surface area contributed by atoms with Crippen molar-refractivity contribution in [3.05, 3.63) is 53.9 Å². The number of nitrogens with zero attached hydrogens (tertiary/aromatic N) is 1. The second-order valence-electron chi connectivity index (χ2n) is 4.11. The molecule has 0 saturated heterocycles. The molecule has 1 unspecified atom stereocenters. The van der Waals surface area contributed by atoms with Gasteiger partial charge in [-0.05, 0) is 29.8 Å². The third-order valence-electron chi connectivity index (χ3n) is 2.88. The Morgan fingerprint density at radius 1 is 1.11 bits per heavy atom. The van der Waals surface area contributed by atoms with E-state index in [-0.39, 0.29) is 5.38 Å². The molecule has 0 fully saturated rings. The molecule has 0 N–H and O–H groups in total. The van der Waals surface area contributed by atoms with Gasteiger partial charge in [0.2, 0.25) is 0 Å². The molecular formula is C15H16ClNO2. The number of hydrogen-bond donors (Lipinski definition) is 0. The number of alkyl halides is 1. The van der Waals surface area contributed by atoms with Gasteiger partial charge in [-0.1, -0.05) is 12.1 Å². The molecule has 2 rings (SSSR count). The average Bonchev–Trinajstić information content (AvgIpc) is 2.47. The molecule has 100 valence electrons. The Balaban J connectivity index is 2.17. The van der Waals surface area contributed by atoms with Gasteiger partial charge in [0.25, 0.3) is 0 Å². The summed E-state index contributed by atoms with van der Waals surface area (Å²) in [4.78, 5) is 4.28. The lowest BCUT2D eigenvalue weighted by Crippen LogP contribution is -1.99. The summed E-state index contributed by atoms with van der Waals surface area (Å²) in [6.45, 7) is 0. The zero-order valence-corrected chi connectivity index (χ0v) is 11.7. The van der Waals surface area contributed by atoms with E-state index in [1.54, 1.807) is 20.4 Å². The molecule has 0 aliphatic heterocycles. The molecule has 1 heterocycles. The molecule has 0 aliphatic carbocycles. The minimum atomic E-state index is -0.144. The Bertz CT molecular complexity index is 531. The van der Waals surface area contributed by atoms with Crippen LogP contribution in [0.2, 0.25) is 0 Å². The Kier molecular flexibility index (Phi) is 4.63. The average molecular weight is 278 g/mol. The van der Waals surface area contributed by atoms with Crippen LogP contribution in [0.4, 0.5) is 0 Å². The normalized spacial score (nSPS) is 11.9. The van der Waals surface area contributed by atoms with E-state index >= 15 is 0 Å². The maximum absolute atomic E-state index is 6.43. The van der Waals surface area contributed by atoms with Crippen LogP contribution in [0.25, 0.3) is 0 Å². The van der Waals surface area contributed by atoms with Gasteiger partial charge in [0, 0.05) is 18.3 Å². The number of rotatable bonds is 5. The van der Waals surface area contributed by atoms with Crippen molar-refractivity contribution in [2.45, 2.75) is 11.8 Å². The van der Waals surface area contributed by atoms with Crippen LogP contribution in [0, 0.1) is 0 Å². The van der Waals surface area contributed by atoms with Crippen molar-refractivity contribution in [1.82, 2.24) is 4.98 Å². The van der Waals surface area contributed by atoms with Crippen molar-refractivity contribution in [3.8, 4) is 11.5 Å². The van der Waals surface area contributed by atoms with Crippen molar-refractivity contribution >= 4 is 11.6 Å². The second kappa shape index (κ2) is 6.43. The Labute approximate surface area is 118 Å². The smallest absolute Gasteiger partial charge is 0.161 e. The largest absolute Gasteiger partial charge is 0.493 e. The van der Waals surface area contributed by atoms with E-state index in [1.165, 1.54) is 0 Å². The van der Waals surface area contributed by atoms with Crippen LogP contribution in [0.5, 0.6) is 11.5 Å². The highest BCUT2D eigenvalue weighted by Crippen LogP contribution is 2.33. The summed E-state index contributed by atoms with van der Waals surface area (Å²) < 4.78 is 10.5. The fourth-order valence-electron chi connectivity index (χ4n) is 1.87. The van der Waals surface area contributed by atoms with Crippen LogP contribution in [-0.2, 0) is 6.42 Å². The molecule has 0 spiro atoms. The van der Waals surface area contributed by atoms with Crippen LogP contribution in [0.15, 0.2) is 42.6 Å². The number of hydrogen-bond acceptors (Lipinski definition) is 3. The van der Waals surface area contributed by atoms with Gasteiger partial charge in [0.15, 0.2) is 11.5 Å². The number of aromatic nitrogens is 1. The topological polar surface area (TPSA) is 31.4 Å². The van der Waals surface area contributed by atoms with E-state index in [9.17, 15) is 0 Å². The third-order valence-corrected chi connectivity index (χ3v) is 3.29. The standard InChI is InChI=1S/C15H16ClNO2/c1-18-14-7-6-11(9-15(14)19-2)13(16)10-12-5-3-4-8-17-12/h3-9,13H,10H2,1-2H3.